The lowest BCUT2D eigenvalue weighted by Gasteiger charge is -2.16. The van der Waals surface area contributed by atoms with Crippen LogP contribution in [0.1, 0.15) is 18.4 Å². The molecule has 1 aliphatic rings. The van der Waals surface area contributed by atoms with Crippen LogP contribution in [0.5, 0.6) is 0 Å². The van der Waals surface area contributed by atoms with Gasteiger partial charge in [0.25, 0.3) is 0 Å². The Kier molecular flexibility index (Phi) is 5.20. The van der Waals surface area contributed by atoms with Crippen LogP contribution in [0, 0.1) is 11.2 Å². The van der Waals surface area contributed by atoms with Gasteiger partial charge in [0.15, 0.2) is 0 Å². The van der Waals surface area contributed by atoms with E-state index in [1.807, 2.05) is 0 Å². The molecule has 0 unspecified atom stereocenters. The van der Waals surface area contributed by atoms with Gasteiger partial charge in [-0.2, -0.15) is 0 Å². The van der Waals surface area contributed by atoms with Crippen LogP contribution in [0.25, 0.3) is 0 Å². The molecule has 7 N–H and O–H groups in total. The number of halogens is 1. The van der Waals surface area contributed by atoms with Crippen LogP contribution in [0.2, 0.25) is 0 Å². The minimum atomic E-state index is -0.875. The number of amides is 1. The van der Waals surface area contributed by atoms with Gasteiger partial charge in [0, 0.05) is 18.8 Å². The first kappa shape index (κ1) is 17.5. The van der Waals surface area contributed by atoms with Crippen molar-refractivity contribution in [3.8, 4) is 0 Å². The molecular formula is C16H21FN6O. The summed E-state index contributed by atoms with van der Waals surface area (Å²) >= 11 is 0. The molecule has 1 aromatic carbocycles. The van der Waals surface area contributed by atoms with Crippen molar-refractivity contribution >= 4 is 11.7 Å². The van der Waals surface area contributed by atoms with E-state index in [2.05, 4.69) is 10.6 Å². The summed E-state index contributed by atoms with van der Waals surface area (Å²) in [5, 5.41) is 14.2. The number of benzene rings is 1. The van der Waals surface area contributed by atoms with Crippen LogP contribution in [0.3, 0.4) is 0 Å². The molecule has 0 heterocycles. The van der Waals surface area contributed by atoms with Crippen molar-refractivity contribution in [2.24, 2.45) is 11.6 Å². The molecule has 0 spiro atoms. The van der Waals surface area contributed by atoms with Gasteiger partial charge < -0.3 is 21.4 Å². The Morgan fingerprint density at radius 1 is 1.42 bits per heavy atom. The molecule has 0 aliphatic heterocycles. The normalized spacial score (nSPS) is 15.9. The molecule has 1 aliphatic carbocycles. The number of hydrazine groups is 1. The lowest BCUT2D eigenvalue weighted by molar-refractivity contribution is -0.122. The number of nitrogens with two attached hydrogens (primary N) is 2. The predicted octanol–water partition coefficient (Wildman–Crippen LogP) is 0.617. The second kappa shape index (κ2) is 7.14. The second-order valence-electron chi connectivity index (χ2n) is 5.66. The summed E-state index contributed by atoms with van der Waals surface area (Å²) in [5.74, 6) is 4.77. The zero-order chi connectivity index (χ0) is 17.7. The summed E-state index contributed by atoms with van der Waals surface area (Å²) in [6.07, 6.45) is 5.32. The Balaban J connectivity index is 1.95. The number of carbonyl (C=O) groups is 1. The lowest BCUT2D eigenvalue weighted by Crippen LogP contribution is -2.38. The number of rotatable bonds is 6. The van der Waals surface area contributed by atoms with Crippen molar-refractivity contribution in [2.45, 2.75) is 18.3 Å². The Morgan fingerprint density at radius 2 is 2.08 bits per heavy atom. The Morgan fingerprint density at radius 3 is 2.67 bits per heavy atom. The number of amidine groups is 1. The SMILES string of the molecule is CN(N)/C=C(\N)N/C=C\C(=N)NC(=O)C1(c2ccccc2F)CC1. The third kappa shape index (κ3) is 4.11. The van der Waals surface area contributed by atoms with E-state index < -0.39 is 11.2 Å². The van der Waals surface area contributed by atoms with E-state index in [1.165, 1.54) is 29.6 Å². The van der Waals surface area contributed by atoms with Gasteiger partial charge >= 0.3 is 0 Å². The third-order valence-corrected chi connectivity index (χ3v) is 3.66. The number of carbonyl (C=O) groups excluding carboxylic acids is 1. The van der Waals surface area contributed by atoms with Gasteiger partial charge in [-0.25, -0.2) is 10.2 Å². The molecule has 0 saturated heterocycles. The molecule has 1 saturated carbocycles. The van der Waals surface area contributed by atoms with Gasteiger partial charge in [0.1, 0.15) is 17.5 Å². The fourth-order valence-corrected chi connectivity index (χ4v) is 2.35. The minimum absolute atomic E-state index is 0.121. The predicted molar refractivity (Wildman–Crippen MR) is 89.7 cm³/mol. The first-order valence-electron chi connectivity index (χ1n) is 7.38. The highest BCUT2D eigenvalue weighted by Gasteiger charge is 2.52. The molecule has 2 rings (SSSR count). The molecule has 0 radical (unpaired) electrons. The van der Waals surface area contributed by atoms with Crippen molar-refractivity contribution in [2.75, 3.05) is 7.05 Å². The highest BCUT2D eigenvalue weighted by Crippen LogP contribution is 2.49. The highest BCUT2D eigenvalue weighted by molar-refractivity contribution is 6.07. The molecule has 1 amide bonds. The van der Waals surface area contributed by atoms with Crippen molar-refractivity contribution in [3.63, 3.8) is 0 Å². The van der Waals surface area contributed by atoms with E-state index in [4.69, 9.17) is 17.0 Å². The fourth-order valence-electron chi connectivity index (χ4n) is 2.35. The third-order valence-electron chi connectivity index (χ3n) is 3.66. The molecule has 24 heavy (non-hydrogen) atoms. The Labute approximate surface area is 139 Å². The molecule has 8 heteroatoms. The average molecular weight is 332 g/mol. The maximum atomic E-state index is 13.9. The number of nitrogens with one attached hydrogen (secondary N) is 3. The summed E-state index contributed by atoms with van der Waals surface area (Å²) in [6.45, 7) is 0. The average Bonchev–Trinajstić information content (AvgIpc) is 3.28. The summed E-state index contributed by atoms with van der Waals surface area (Å²) < 4.78 is 13.9. The Bertz CT molecular complexity index is 694. The molecule has 7 nitrogen and oxygen atoms in total. The summed E-state index contributed by atoms with van der Waals surface area (Å²) in [6, 6.07) is 6.23. The van der Waals surface area contributed by atoms with Crippen LogP contribution in [0.4, 0.5) is 4.39 Å². The van der Waals surface area contributed by atoms with Gasteiger partial charge in [-0.05, 0) is 25.0 Å². The van der Waals surface area contributed by atoms with E-state index in [9.17, 15) is 9.18 Å². The van der Waals surface area contributed by atoms with E-state index in [0.717, 1.165) is 0 Å². The van der Waals surface area contributed by atoms with E-state index in [-0.39, 0.29) is 17.6 Å². The fraction of sp³-hybridized carbons (Fsp3) is 0.250. The topological polar surface area (TPSA) is 120 Å². The minimum Gasteiger partial charge on any atom is -0.384 e. The van der Waals surface area contributed by atoms with Crippen LogP contribution < -0.4 is 22.2 Å². The van der Waals surface area contributed by atoms with Crippen molar-refractivity contribution in [1.29, 1.82) is 5.41 Å². The van der Waals surface area contributed by atoms with Crippen LogP contribution in [-0.4, -0.2) is 23.8 Å². The molecule has 1 fully saturated rings. The number of hydrogen-bond donors (Lipinski definition) is 5. The molecule has 1 aromatic rings. The van der Waals surface area contributed by atoms with Crippen molar-refractivity contribution in [3.05, 3.63) is 59.9 Å². The van der Waals surface area contributed by atoms with Gasteiger partial charge in [-0.1, -0.05) is 18.2 Å². The van der Waals surface area contributed by atoms with Crippen molar-refractivity contribution < 1.29 is 9.18 Å². The molecular weight excluding hydrogens is 311 g/mol. The quantitative estimate of drug-likeness (QED) is 0.226. The molecule has 0 atom stereocenters. The molecule has 0 bridgehead atoms. The van der Waals surface area contributed by atoms with Gasteiger partial charge in [-0.3, -0.25) is 10.2 Å². The molecule has 128 valence electrons. The van der Waals surface area contributed by atoms with Gasteiger partial charge in [0.05, 0.1) is 11.6 Å². The zero-order valence-electron chi connectivity index (χ0n) is 13.3. The van der Waals surface area contributed by atoms with Crippen LogP contribution in [0.15, 0.2) is 48.6 Å². The first-order valence-corrected chi connectivity index (χ1v) is 7.38. The number of hydrogen-bond acceptors (Lipinski definition) is 6. The summed E-state index contributed by atoms with van der Waals surface area (Å²) in [4.78, 5) is 12.4. The van der Waals surface area contributed by atoms with Gasteiger partial charge in [0.2, 0.25) is 5.91 Å². The van der Waals surface area contributed by atoms with Crippen LogP contribution >= 0.6 is 0 Å². The smallest absolute Gasteiger partial charge is 0.236 e. The summed E-state index contributed by atoms with van der Waals surface area (Å²) in [7, 11) is 1.61. The monoisotopic (exact) mass is 332 g/mol. The largest absolute Gasteiger partial charge is 0.384 e. The number of nitrogens with zero attached hydrogens (tertiary/aromatic N) is 1. The maximum Gasteiger partial charge on any atom is 0.236 e. The standard InChI is InChI=1S/C16H21FN6O/c1-23(20)10-14(19)21-9-6-13(18)22-15(24)16(7-8-16)11-4-2-3-5-12(11)17/h2-6,9-10,21H,7-8,19-20H2,1H3,(H2,18,22,24)/b9-6-,14-10+. The maximum absolute atomic E-state index is 13.9. The van der Waals surface area contributed by atoms with E-state index in [1.54, 1.807) is 25.2 Å². The van der Waals surface area contributed by atoms with Crippen LogP contribution in [-0.2, 0) is 10.2 Å². The van der Waals surface area contributed by atoms with Crippen molar-refractivity contribution in [1.82, 2.24) is 15.6 Å². The van der Waals surface area contributed by atoms with E-state index >= 15 is 0 Å². The van der Waals surface area contributed by atoms with Gasteiger partial charge in [-0.15, -0.1) is 0 Å². The zero-order valence-corrected chi connectivity index (χ0v) is 13.3. The van der Waals surface area contributed by atoms with E-state index in [0.29, 0.717) is 18.4 Å². The summed E-state index contributed by atoms with van der Waals surface area (Å²) in [5.41, 5.74) is 5.11. The lowest BCUT2D eigenvalue weighted by atomic mass is 9.94. The Hall–Kier alpha value is -2.87. The first-order chi connectivity index (χ1) is 11.3. The second-order valence-corrected chi connectivity index (χ2v) is 5.66. The molecule has 0 aromatic heterocycles. The highest BCUT2D eigenvalue weighted by atomic mass is 19.1.